The zero-order valence-corrected chi connectivity index (χ0v) is 12.4. The second-order valence-corrected chi connectivity index (χ2v) is 6.15. The predicted octanol–water partition coefficient (Wildman–Crippen LogP) is 1.19. The molecule has 0 saturated carbocycles. The molecule has 118 valence electrons. The Morgan fingerprint density at radius 1 is 1.23 bits per heavy atom. The third-order valence-corrected chi connectivity index (χ3v) is 4.63. The van der Waals surface area contributed by atoms with Crippen LogP contribution in [0.25, 0.3) is 0 Å². The number of aryl methyl sites for hydroxylation is 2. The fraction of sp³-hybridized carbons (Fsp3) is 0.562. The van der Waals surface area contributed by atoms with Gasteiger partial charge in [-0.3, -0.25) is 14.4 Å². The lowest BCUT2D eigenvalue weighted by molar-refractivity contribution is -0.143. The van der Waals surface area contributed by atoms with E-state index in [-0.39, 0.29) is 23.6 Å². The SMILES string of the molecule is O=C(O)[C@@H]1CCCN(C(=O)c2cc3c([nH]c2=O)CCCC3)C1. The van der Waals surface area contributed by atoms with Crippen molar-refractivity contribution in [3.8, 4) is 0 Å². The number of carboxylic acid groups (broad SMARTS) is 1. The van der Waals surface area contributed by atoms with Crippen LogP contribution in [0.2, 0.25) is 0 Å². The smallest absolute Gasteiger partial charge is 0.308 e. The number of carbonyl (C=O) groups is 2. The number of aromatic nitrogens is 1. The number of pyridine rings is 1. The molecule has 1 amide bonds. The van der Waals surface area contributed by atoms with Crippen LogP contribution in [0.5, 0.6) is 0 Å². The maximum Gasteiger partial charge on any atom is 0.308 e. The molecule has 3 rings (SSSR count). The molecule has 1 saturated heterocycles. The molecule has 1 aromatic rings. The highest BCUT2D eigenvalue weighted by Gasteiger charge is 2.30. The van der Waals surface area contributed by atoms with Crippen LogP contribution in [0.3, 0.4) is 0 Å². The Bertz CT molecular complexity index is 665. The average Bonchev–Trinajstić information content (AvgIpc) is 2.53. The average molecular weight is 304 g/mol. The molecule has 1 aliphatic carbocycles. The van der Waals surface area contributed by atoms with E-state index >= 15 is 0 Å². The Morgan fingerprint density at radius 2 is 2.00 bits per heavy atom. The van der Waals surface area contributed by atoms with Crippen molar-refractivity contribution < 1.29 is 14.7 Å². The number of hydrogen-bond donors (Lipinski definition) is 2. The van der Waals surface area contributed by atoms with E-state index in [1.165, 1.54) is 4.90 Å². The quantitative estimate of drug-likeness (QED) is 0.858. The highest BCUT2D eigenvalue weighted by atomic mass is 16.4. The number of nitrogens with zero attached hydrogens (tertiary/aromatic N) is 1. The van der Waals surface area contributed by atoms with Gasteiger partial charge in [0.25, 0.3) is 11.5 Å². The van der Waals surface area contributed by atoms with E-state index < -0.39 is 11.9 Å². The fourth-order valence-corrected chi connectivity index (χ4v) is 3.37. The predicted molar refractivity (Wildman–Crippen MR) is 80.0 cm³/mol. The normalized spacial score (nSPS) is 21.3. The van der Waals surface area contributed by atoms with Crippen molar-refractivity contribution in [2.45, 2.75) is 38.5 Å². The number of fused-ring (bicyclic) bond motifs is 1. The molecule has 1 aromatic heterocycles. The molecular weight excluding hydrogens is 284 g/mol. The molecule has 1 atom stereocenters. The standard InChI is InChI=1S/C16H20N2O4/c19-14-12(8-10-4-1-2-6-13(10)17-14)15(20)18-7-3-5-11(9-18)16(21)22/h8,11H,1-7,9H2,(H,17,19)(H,21,22)/t11-/m1/s1. The maximum atomic E-state index is 12.6. The lowest BCUT2D eigenvalue weighted by atomic mass is 9.94. The molecule has 0 unspecified atom stereocenters. The number of H-pyrrole nitrogens is 1. The van der Waals surface area contributed by atoms with Gasteiger partial charge in [-0.25, -0.2) is 0 Å². The highest BCUT2D eigenvalue weighted by Crippen LogP contribution is 2.21. The number of hydrogen-bond acceptors (Lipinski definition) is 3. The first-order valence-corrected chi connectivity index (χ1v) is 7.83. The van der Waals surface area contributed by atoms with Crippen LogP contribution in [0.1, 0.15) is 47.3 Å². The number of amides is 1. The van der Waals surface area contributed by atoms with Gasteiger partial charge in [-0.1, -0.05) is 0 Å². The number of carbonyl (C=O) groups excluding carboxylic acids is 1. The molecule has 1 fully saturated rings. The highest BCUT2D eigenvalue weighted by molar-refractivity contribution is 5.94. The molecule has 2 heterocycles. The Balaban J connectivity index is 1.85. The van der Waals surface area contributed by atoms with E-state index in [4.69, 9.17) is 5.11 Å². The Labute approximate surface area is 128 Å². The third-order valence-electron chi connectivity index (χ3n) is 4.63. The van der Waals surface area contributed by atoms with Crippen molar-refractivity contribution in [2.75, 3.05) is 13.1 Å². The number of aromatic amines is 1. The summed E-state index contributed by atoms with van der Waals surface area (Å²) in [5.41, 5.74) is 1.77. The van der Waals surface area contributed by atoms with Crippen LogP contribution >= 0.6 is 0 Å². The first-order valence-electron chi connectivity index (χ1n) is 7.83. The van der Waals surface area contributed by atoms with E-state index in [2.05, 4.69) is 4.98 Å². The minimum atomic E-state index is -0.878. The molecule has 6 heteroatoms. The van der Waals surface area contributed by atoms with Crippen LogP contribution < -0.4 is 5.56 Å². The molecule has 0 bridgehead atoms. The summed E-state index contributed by atoms with van der Waals surface area (Å²) < 4.78 is 0. The number of carboxylic acids is 1. The number of rotatable bonds is 2. The van der Waals surface area contributed by atoms with Crippen LogP contribution in [0, 0.1) is 5.92 Å². The van der Waals surface area contributed by atoms with Gasteiger partial charge < -0.3 is 15.0 Å². The van der Waals surface area contributed by atoms with Crippen molar-refractivity contribution >= 4 is 11.9 Å². The van der Waals surface area contributed by atoms with Crippen molar-refractivity contribution in [3.63, 3.8) is 0 Å². The molecule has 2 N–H and O–H groups in total. The summed E-state index contributed by atoms with van der Waals surface area (Å²) in [5.74, 6) is -1.76. The van der Waals surface area contributed by atoms with Gasteiger partial charge in [-0.05, 0) is 50.2 Å². The van der Waals surface area contributed by atoms with E-state index in [1.54, 1.807) is 6.07 Å². The van der Waals surface area contributed by atoms with Gasteiger partial charge in [0.05, 0.1) is 5.92 Å². The summed E-state index contributed by atoms with van der Waals surface area (Å²) in [6.07, 6.45) is 5.10. The molecule has 22 heavy (non-hydrogen) atoms. The van der Waals surface area contributed by atoms with Gasteiger partial charge in [-0.15, -0.1) is 0 Å². The minimum absolute atomic E-state index is 0.145. The second kappa shape index (κ2) is 5.94. The molecule has 2 aliphatic rings. The zero-order valence-electron chi connectivity index (χ0n) is 12.4. The monoisotopic (exact) mass is 304 g/mol. The topological polar surface area (TPSA) is 90.5 Å². The third kappa shape index (κ3) is 2.77. The molecule has 6 nitrogen and oxygen atoms in total. The number of aliphatic carboxylic acids is 1. The second-order valence-electron chi connectivity index (χ2n) is 6.15. The van der Waals surface area contributed by atoms with E-state index in [9.17, 15) is 14.4 Å². The molecular formula is C16H20N2O4. The fourth-order valence-electron chi connectivity index (χ4n) is 3.37. The summed E-state index contributed by atoms with van der Waals surface area (Å²) in [6.45, 7) is 0.698. The van der Waals surface area contributed by atoms with Gasteiger partial charge in [0.15, 0.2) is 0 Å². The van der Waals surface area contributed by atoms with Crippen molar-refractivity contribution in [3.05, 3.63) is 33.2 Å². The minimum Gasteiger partial charge on any atom is -0.481 e. The molecule has 0 radical (unpaired) electrons. The van der Waals surface area contributed by atoms with Gasteiger partial charge in [0.1, 0.15) is 5.56 Å². The van der Waals surface area contributed by atoms with Crippen LogP contribution in [-0.2, 0) is 17.6 Å². The van der Waals surface area contributed by atoms with Gasteiger partial charge in [0.2, 0.25) is 0 Å². The molecule has 0 spiro atoms. The number of likely N-dealkylation sites (tertiary alicyclic amines) is 1. The largest absolute Gasteiger partial charge is 0.481 e. The first-order chi connectivity index (χ1) is 10.6. The van der Waals surface area contributed by atoms with Crippen molar-refractivity contribution in [1.29, 1.82) is 0 Å². The molecule has 1 aliphatic heterocycles. The molecule has 0 aromatic carbocycles. The maximum absolute atomic E-state index is 12.6. The van der Waals surface area contributed by atoms with E-state index in [0.717, 1.165) is 36.9 Å². The first kappa shape index (κ1) is 14.8. The summed E-state index contributed by atoms with van der Waals surface area (Å²) in [5, 5.41) is 9.12. The lowest BCUT2D eigenvalue weighted by Crippen LogP contribution is -2.44. The van der Waals surface area contributed by atoms with Gasteiger partial charge >= 0.3 is 5.97 Å². The lowest BCUT2D eigenvalue weighted by Gasteiger charge is -2.30. The number of piperidine rings is 1. The Hall–Kier alpha value is -2.11. The van der Waals surface area contributed by atoms with E-state index in [1.807, 2.05) is 0 Å². The summed E-state index contributed by atoms with van der Waals surface area (Å²) in [4.78, 5) is 40.2. The summed E-state index contributed by atoms with van der Waals surface area (Å²) >= 11 is 0. The summed E-state index contributed by atoms with van der Waals surface area (Å²) in [7, 11) is 0. The zero-order chi connectivity index (χ0) is 15.7. The van der Waals surface area contributed by atoms with Crippen LogP contribution in [0.4, 0.5) is 0 Å². The van der Waals surface area contributed by atoms with Crippen LogP contribution in [0.15, 0.2) is 10.9 Å². The van der Waals surface area contributed by atoms with E-state index in [0.29, 0.717) is 19.4 Å². The van der Waals surface area contributed by atoms with Crippen molar-refractivity contribution in [2.24, 2.45) is 5.92 Å². The summed E-state index contributed by atoms with van der Waals surface area (Å²) in [6, 6.07) is 1.71. The Kier molecular flexibility index (Phi) is 4.00. The van der Waals surface area contributed by atoms with Gasteiger partial charge in [0, 0.05) is 18.8 Å². The van der Waals surface area contributed by atoms with Gasteiger partial charge in [-0.2, -0.15) is 0 Å². The number of nitrogens with one attached hydrogen (secondary N) is 1. The van der Waals surface area contributed by atoms with Crippen molar-refractivity contribution in [1.82, 2.24) is 9.88 Å². The van der Waals surface area contributed by atoms with Crippen LogP contribution in [-0.4, -0.2) is 40.0 Å². The Morgan fingerprint density at radius 3 is 2.77 bits per heavy atom.